The second kappa shape index (κ2) is 4.72. The molecule has 1 aromatic rings. The van der Waals surface area contributed by atoms with Crippen LogP contribution < -0.4 is 4.74 Å². The molecule has 0 spiro atoms. The Morgan fingerprint density at radius 2 is 2.17 bits per heavy atom. The molecule has 0 fully saturated rings. The largest absolute Gasteiger partial charge is 0.489 e. The quantitative estimate of drug-likeness (QED) is 0.901. The van der Waals surface area contributed by atoms with Crippen molar-refractivity contribution in [1.29, 1.82) is 0 Å². The summed E-state index contributed by atoms with van der Waals surface area (Å²) in [6.07, 6.45) is 0.499. The maximum atomic E-state index is 12.1. The van der Waals surface area contributed by atoms with Crippen LogP contribution in [-0.4, -0.2) is 31.9 Å². The number of carbonyl (C=O) groups is 1. The van der Waals surface area contributed by atoms with E-state index in [1.807, 2.05) is 24.3 Å². The van der Waals surface area contributed by atoms with Crippen molar-refractivity contribution >= 4 is 16.8 Å². The zero-order valence-corrected chi connectivity index (χ0v) is 11.2. The highest BCUT2D eigenvalue weighted by Crippen LogP contribution is 2.29. The molecule has 0 aliphatic carbocycles. The highest BCUT2D eigenvalue weighted by atomic mass is 32.2. The average Bonchev–Trinajstić information content (AvgIpc) is 2.70. The molecule has 0 aromatic heterocycles. The van der Waals surface area contributed by atoms with Crippen molar-refractivity contribution in [2.45, 2.75) is 31.1 Å². The van der Waals surface area contributed by atoms with Gasteiger partial charge in [0.2, 0.25) is 0 Å². The predicted molar refractivity (Wildman–Crippen MR) is 69.3 cm³/mol. The summed E-state index contributed by atoms with van der Waals surface area (Å²) in [7, 11) is -1.46. The highest BCUT2D eigenvalue weighted by molar-refractivity contribution is 7.87. The second-order valence-electron chi connectivity index (χ2n) is 4.88. The molecular weight excluding hydrogens is 252 g/mol. The van der Waals surface area contributed by atoms with E-state index in [1.54, 1.807) is 0 Å². The molecule has 0 saturated heterocycles. The molecule has 18 heavy (non-hydrogen) atoms. The van der Waals surface area contributed by atoms with Crippen LogP contribution in [0.3, 0.4) is 0 Å². The van der Waals surface area contributed by atoms with E-state index in [4.69, 9.17) is 9.84 Å². The van der Waals surface area contributed by atoms with E-state index in [2.05, 4.69) is 0 Å². The van der Waals surface area contributed by atoms with Gasteiger partial charge < -0.3 is 9.84 Å². The van der Waals surface area contributed by atoms with E-state index >= 15 is 0 Å². The number of para-hydroxylation sites is 1. The SMILES string of the molecule is CC(C)(C(=O)O)S(=O)CC1Cc2ccccc2O1. The van der Waals surface area contributed by atoms with Crippen LogP contribution in [0, 0.1) is 0 Å². The maximum absolute atomic E-state index is 12.1. The van der Waals surface area contributed by atoms with Crippen molar-refractivity contribution < 1.29 is 18.8 Å². The van der Waals surface area contributed by atoms with Gasteiger partial charge in [0.05, 0.1) is 5.75 Å². The van der Waals surface area contributed by atoms with Crippen LogP contribution in [0.2, 0.25) is 0 Å². The van der Waals surface area contributed by atoms with Gasteiger partial charge in [0.1, 0.15) is 16.6 Å². The summed E-state index contributed by atoms with van der Waals surface area (Å²) in [5.41, 5.74) is 1.09. The zero-order chi connectivity index (χ0) is 13.3. The lowest BCUT2D eigenvalue weighted by molar-refractivity contribution is -0.139. The Kier molecular flexibility index (Phi) is 3.43. The number of carboxylic acid groups (broad SMARTS) is 1. The van der Waals surface area contributed by atoms with Crippen molar-refractivity contribution in [1.82, 2.24) is 0 Å². The summed E-state index contributed by atoms with van der Waals surface area (Å²) in [5.74, 6) is 0.0116. The third-order valence-electron chi connectivity index (χ3n) is 3.14. The van der Waals surface area contributed by atoms with Gasteiger partial charge in [0.15, 0.2) is 0 Å². The van der Waals surface area contributed by atoms with Crippen molar-refractivity contribution in [3.8, 4) is 5.75 Å². The van der Waals surface area contributed by atoms with E-state index in [1.165, 1.54) is 13.8 Å². The molecule has 1 aliphatic heterocycles. The van der Waals surface area contributed by atoms with Crippen LogP contribution >= 0.6 is 0 Å². The molecule has 5 heteroatoms. The summed E-state index contributed by atoms with van der Waals surface area (Å²) in [5, 5.41) is 9.03. The van der Waals surface area contributed by atoms with Crippen molar-refractivity contribution in [2.24, 2.45) is 0 Å². The van der Waals surface area contributed by atoms with Gasteiger partial charge in [0.25, 0.3) is 0 Å². The van der Waals surface area contributed by atoms with Gasteiger partial charge in [-0.25, -0.2) is 0 Å². The Labute approximate surface area is 108 Å². The van der Waals surface area contributed by atoms with Crippen LogP contribution in [0.15, 0.2) is 24.3 Å². The summed E-state index contributed by atoms with van der Waals surface area (Å²) < 4.78 is 16.5. The van der Waals surface area contributed by atoms with Crippen LogP contribution in [-0.2, 0) is 22.0 Å². The molecule has 0 saturated carbocycles. The minimum atomic E-state index is -1.46. The zero-order valence-electron chi connectivity index (χ0n) is 10.4. The third kappa shape index (κ3) is 2.41. The van der Waals surface area contributed by atoms with Crippen LogP contribution in [0.1, 0.15) is 19.4 Å². The molecule has 1 aromatic carbocycles. The first-order valence-electron chi connectivity index (χ1n) is 5.77. The Balaban J connectivity index is 2.02. The lowest BCUT2D eigenvalue weighted by Crippen LogP contribution is -2.40. The van der Waals surface area contributed by atoms with E-state index in [0.717, 1.165) is 11.3 Å². The topological polar surface area (TPSA) is 63.6 Å². The Morgan fingerprint density at radius 3 is 2.78 bits per heavy atom. The fraction of sp³-hybridized carbons (Fsp3) is 0.462. The maximum Gasteiger partial charge on any atom is 0.321 e. The van der Waals surface area contributed by atoms with E-state index in [9.17, 15) is 9.00 Å². The first kappa shape index (κ1) is 13.1. The van der Waals surface area contributed by atoms with E-state index in [0.29, 0.717) is 6.42 Å². The minimum absolute atomic E-state index is 0.193. The molecule has 2 atom stereocenters. The predicted octanol–water partition coefficient (Wildman–Crippen LogP) is 1.60. The summed E-state index contributed by atoms with van der Waals surface area (Å²) in [4.78, 5) is 11.0. The van der Waals surface area contributed by atoms with Crippen molar-refractivity contribution in [3.63, 3.8) is 0 Å². The van der Waals surface area contributed by atoms with Gasteiger partial charge in [0, 0.05) is 17.2 Å². The molecule has 0 bridgehead atoms. The minimum Gasteiger partial charge on any atom is -0.489 e. The molecule has 2 rings (SSSR count). The first-order chi connectivity index (χ1) is 8.41. The standard InChI is InChI=1S/C13H16O4S/c1-13(2,12(14)15)18(16)8-10-7-9-5-3-4-6-11(9)17-10/h3-6,10H,7-8H2,1-2H3,(H,14,15). The van der Waals surface area contributed by atoms with Crippen molar-refractivity contribution in [2.75, 3.05) is 5.75 Å². The van der Waals surface area contributed by atoms with Gasteiger partial charge in [-0.05, 0) is 25.5 Å². The van der Waals surface area contributed by atoms with E-state index < -0.39 is 21.5 Å². The van der Waals surface area contributed by atoms with E-state index in [-0.39, 0.29) is 11.9 Å². The Morgan fingerprint density at radius 1 is 1.50 bits per heavy atom. The first-order valence-corrected chi connectivity index (χ1v) is 7.09. The van der Waals surface area contributed by atoms with Crippen molar-refractivity contribution in [3.05, 3.63) is 29.8 Å². The Hall–Kier alpha value is -1.36. The molecule has 4 nitrogen and oxygen atoms in total. The molecular formula is C13H16O4S. The fourth-order valence-electron chi connectivity index (χ4n) is 1.82. The summed E-state index contributed by atoms with van der Waals surface area (Å²) >= 11 is 0. The molecule has 1 heterocycles. The lowest BCUT2D eigenvalue weighted by Gasteiger charge is -2.20. The van der Waals surface area contributed by atoms with Gasteiger partial charge in [-0.3, -0.25) is 9.00 Å². The number of rotatable bonds is 4. The number of hydrogen-bond donors (Lipinski definition) is 1. The van der Waals surface area contributed by atoms with Gasteiger partial charge in [-0.15, -0.1) is 0 Å². The molecule has 1 N–H and O–H groups in total. The number of benzene rings is 1. The molecule has 98 valence electrons. The Bertz CT molecular complexity index is 471. The lowest BCUT2D eigenvalue weighted by atomic mass is 10.1. The molecule has 1 aliphatic rings. The van der Waals surface area contributed by atoms with Gasteiger partial charge >= 0.3 is 5.97 Å². The van der Waals surface area contributed by atoms with Crippen LogP contribution in [0.4, 0.5) is 0 Å². The normalized spacial score (nSPS) is 20.0. The summed E-state index contributed by atoms with van der Waals surface area (Å²) in [6.45, 7) is 2.96. The van der Waals surface area contributed by atoms with Crippen LogP contribution in [0.25, 0.3) is 0 Å². The molecule has 0 radical (unpaired) electrons. The van der Waals surface area contributed by atoms with Gasteiger partial charge in [-0.1, -0.05) is 18.2 Å². The smallest absolute Gasteiger partial charge is 0.321 e. The summed E-state index contributed by atoms with van der Waals surface area (Å²) in [6, 6.07) is 7.67. The number of fused-ring (bicyclic) bond motifs is 1. The number of aliphatic carboxylic acids is 1. The number of ether oxygens (including phenoxy) is 1. The number of hydrogen-bond acceptors (Lipinski definition) is 3. The monoisotopic (exact) mass is 268 g/mol. The second-order valence-corrected chi connectivity index (χ2v) is 6.92. The average molecular weight is 268 g/mol. The fourth-order valence-corrected chi connectivity index (χ4v) is 2.96. The third-order valence-corrected chi connectivity index (χ3v) is 5.12. The number of carboxylic acids is 1. The highest BCUT2D eigenvalue weighted by Gasteiger charge is 2.37. The molecule has 2 unspecified atom stereocenters. The van der Waals surface area contributed by atoms with Crippen LogP contribution in [0.5, 0.6) is 5.75 Å². The molecule has 0 amide bonds. The van der Waals surface area contributed by atoms with Gasteiger partial charge in [-0.2, -0.15) is 0 Å².